The maximum Gasteiger partial charge on any atom is 0.137 e. The maximum absolute atomic E-state index is 9.76. The Kier molecular flexibility index (Phi) is 4.32. The van der Waals surface area contributed by atoms with Crippen LogP contribution in [0.25, 0.3) is 0 Å². The lowest BCUT2D eigenvalue weighted by Gasteiger charge is -2.10. The molecule has 0 aliphatic heterocycles. The fourth-order valence-corrected chi connectivity index (χ4v) is 1.70. The number of hydrogen-bond donors (Lipinski definition) is 1. The molecule has 3 nitrogen and oxygen atoms in total. The molecule has 1 unspecified atom stereocenters. The predicted octanol–water partition coefficient (Wildman–Crippen LogP) is 1.69. The summed E-state index contributed by atoms with van der Waals surface area (Å²) in [6, 6.07) is 0. The summed E-state index contributed by atoms with van der Waals surface area (Å²) in [5, 5.41) is 9.76. The summed E-state index contributed by atoms with van der Waals surface area (Å²) in [5.74, 6) is 1.76. The monoisotopic (exact) mass is 200 g/mol. The minimum Gasteiger partial charge on any atom is -0.385 e. The molecule has 1 heterocycles. The lowest BCUT2D eigenvalue weighted by Crippen LogP contribution is -2.08. The SMILES string of the molecule is CCn1ccnc1C(O)CCSC. The van der Waals surface area contributed by atoms with E-state index in [4.69, 9.17) is 0 Å². The fraction of sp³-hybridized carbons (Fsp3) is 0.667. The summed E-state index contributed by atoms with van der Waals surface area (Å²) in [5.41, 5.74) is 0. The second kappa shape index (κ2) is 5.29. The van der Waals surface area contributed by atoms with Crippen molar-refractivity contribution in [3.05, 3.63) is 18.2 Å². The van der Waals surface area contributed by atoms with Crippen LogP contribution in [0.3, 0.4) is 0 Å². The Balaban J connectivity index is 2.59. The standard InChI is InChI=1S/C9H16N2OS/c1-3-11-6-5-10-9(11)8(12)4-7-13-2/h5-6,8,12H,3-4,7H2,1-2H3. The molecule has 74 valence electrons. The van der Waals surface area contributed by atoms with Crippen molar-refractivity contribution < 1.29 is 5.11 Å². The molecule has 4 heteroatoms. The third-order valence-electron chi connectivity index (χ3n) is 1.98. The topological polar surface area (TPSA) is 38.0 Å². The van der Waals surface area contributed by atoms with E-state index < -0.39 is 6.10 Å². The summed E-state index contributed by atoms with van der Waals surface area (Å²) >= 11 is 1.74. The van der Waals surface area contributed by atoms with Crippen LogP contribution in [0.1, 0.15) is 25.3 Å². The summed E-state index contributed by atoms with van der Waals surface area (Å²) in [6.07, 6.45) is 6.04. The van der Waals surface area contributed by atoms with Crippen molar-refractivity contribution in [2.24, 2.45) is 0 Å². The Morgan fingerprint density at radius 2 is 2.46 bits per heavy atom. The highest BCUT2D eigenvalue weighted by Crippen LogP contribution is 2.16. The van der Waals surface area contributed by atoms with Crippen LogP contribution in [0.15, 0.2) is 12.4 Å². The highest BCUT2D eigenvalue weighted by atomic mass is 32.2. The third-order valence-corrected chi connectivity index (χ3v) is 2.63. The van der Waals surface area contributed by atoms with Crippen molar-refractivity contribution >= 4 is 11.8 Å². The van der Waals surface area contributed by atoms with E-state index in [-0.39, 0.29) is 0 Å². The number of nitrogens with zero attached hydrogens (tertiary/aromatic N) is 2. The molecule has 1 aromatic rings. The van der Waals surface area contributed by atoms with Crippen LogP contribution in [0.2, 0.25) is 0 Å². The van der Waals surface area contributed by atoms with Gasteiger partial charge >= 0.3 is 0 Å². The third kappa shape index (κ3) is 2.74. The first-order valence-electron chi connectivity index (χ1n) is 4.47. The van der Waals surface area contributed by atoms with Gasteiger partial charge in [0.25, 0.3) is 0 Å². The Labute approximate surface area is 83.2 Å². The van der Waals surface area contributed by atoms with Gasteiger partial charge in [-0.1, -0.05) is 0 Å². The normalized spacial score (nSPS) is 13.2. The number of rotatable bonds is 5. The van der Waals surface area contributed by atoms with Crippen molar-refractivity contribution in [3.8, 4) is 0 Å². The van der Waals surface area contributed by atoms with Crippen molar-refractivity contribution in [3.63, 3.8) is 0 Å². The molecule has 0 saturated carbocycles. The number of aryl methyl sites for hydroxylation is 1. The lowest BCUT2D eigenvalue weighted by atomic mass is 10.2. The number of aliphatic hydroxyl groups excluding tert-OH is 1. The highest BCUT2D eigenvalue weighted by molar-refractivity contribution is 7.98. The number of hydrogen-bond acceptors (Lipinski definition) is 3. The molecule has 0 radical (unpaired) electrons. The van der Waals surface area contributed by atoms with E-state index in [1.165, 1.54) is 0 Å². The van der Waals surface area contributed by atoms with E-state index in [0.717, 1.165) is 24.5 Å². The molecule has 0 spiro atoms. The molecule has 0 bridgehead atoms. The van der Waals surface area contributed by atoms with Crippen LogP contribution >= 0.6 is 11.8 Å². The second-order valence-electron chi connectivity index (χ2n) is 2.87. The van der Waals surface area contributed by atoms with Crippen molar-refractivity contribution in [2.75, 3.05) is 12.0 Å². The molecule has 0 aliphatic rings. The molecule has 1 rings (SSSR count). The summed E-state index contributed by atoms with van der Waals surface area (Å²) in [6.45, 7) is 2.91. The predicted molar refractivity (Wildman–Crippen MR) is 55.9 cm³/mol. The number of aliphatic hydroxyl groups is 1. The lowest BCUT2D eigenvalue weighted by molar-refractivity contribution is 0.160. The van der Waals surface area contributed by atoms with Gasteiger partial charge in [0.15, 0.2) is 0 Å². The van der Waals surface area contributed by atoms with E-state index in [0.29, 0.717) is 0 Å². The molecule has 1 aromatic heterocycles. The number of aromatic nitrogens is 2. The summed E-state index contributed by atoms with van der Waals surface area (Å²) in [7, 11) is 0. The van der Waals surface area contributed by atoms with E-state index in [2.05, 4.69) is 4.98 Å². The van der Waals surface area contributed by atoms with Crippen LogP contribution in [-0.4, -0.2) is 26.7 Å². The Morgan fingerprint density at radius 1 is 1.69 bits per heavy atom. The smallest absolute Gasteiger partial charge is 0.137 e. The van der Waals surface area contributed by atoms with E-state index >= 15 is 0 Å². The van der Waals surface area contributed by atoms with Crippen molar-refractivity contribution in [2.45, 2.75) is 26.0 Å². The van der Waals surface area contributed by atoms with Gasteiger partial charge in [-0.25, -0.2) is 4.98 Å². The maximum atomic E-state index is 9.76. The molecule has 1 atom stereocenters. The van der Waals surface area contributed by atoms with Crippen LogP contribution in [0.4, 0.5) is 0 Å². The zero-order valence-corrected chi connectivity index (χ0v) is 8.92. The van der Waals surface area contributed by atoms with E-state index in [1.807, 2.05) is 23.9 Å². The van der Waals surface area contributed by atoms with Gasteiger partial charge in [-0.05, 0) is 25.4 Å². The van der Waals surface area contributed by atoms with Crippen molar-refractivity contribution in [1.29, 1.82) is 0 Å². The molecule has 0 aromatic carbocycles. The molecule has 0 amide bonds. The Bertz CT molecular complexity index is 250. The first-order chi connectivity index (χ1) is 6.29. The minimum absolute atomic E-state index is 0.414. The minimum atomic E-state index is -0.414. The van der Waals surface area contributed by atoms with Crippen LogP contribution < -0.4 is 0 Å². The molecule has 0 saturated heterocycles. The number of thioether (sulfide) groups is 1. The molecular formula is C9H16N2OS. The largest absolute Gasteiger partial charge is 0.385 e. The molecule has 13 heavy (non-hydrogen) atoms. The molecular weight excluding hydrogens is 184 g/mol. The van der Waals surface area contributed by atoms with Gasteiger partial charge in [0.1, 0.15) is 11.9 Å². The fourth-order valence-electron chi connectivity index (χ4n) is 1.24. The van der Waals surface area contributed by atoms with Gasteiger partial charge < -0.3 is 9.67 Å². The van der Waals surface area contributed by atoms with Crippen LogP contribution in [0, 0.1) is 0 Å². The summed E-state index contributed by atoms with van der Waals surface area (Å²) < 4.78 is 1.98. The molecule has 0 aliphatic carbocycles. The van der Waals surface area contributed by atoms with Gasteiger partial charge in [-0.3, -0.25) is 0 Å². The van der Waals surface area contributed by atoms with Crippen LogP contribution in [-0.2, 0) is 6.54 Å². The van der Waals surface area contributed by atoms with Gasteiger partial charge in [0.2, 0.25) is 0 Å². The van der Waals surface area contributed by atoms with Crippen molar-refractivity contribution in [1.82, 2.24) is 9.55 Å². The average Bonchev–Trinajstić information content (AvgIpc) is 2.61. The number of imidazole rings is 1. The second-order valence-corrected chi connectivity index (χ2v) is 3.85. The zero-order valence-electron chi connectivity index (χ0n) is 8.10. The van der Waals surface area contributed by atoms with Gasteiger partial charge in [0.05, 0.1) is 0 Å². The summed E-state index contributed by atoms with van der Waals surface area (Å²) in [4.78, 5) is 4.14. The Morgan fingerprint density at radius 3 is 3.08 bits per heavy atom. The quantitative estimate of drug-likeness (QED) is 0.786. The zero-order chi connectivity index (χ0) is 9.68. The first-order valence-corrected chi connectivity index (χ1v) is 5.87. The van der Waals surface area contributed by atoms with Gasteiger partial charge in [-0.15, -0.1) is 0 Å². The molecule has 0 fully saturated rings. The van der Waals surface area contributed by atoms with Crippen LogP contribution in [0.5, 0.6) is 0 Å². The average molecular weight is 200 g/mol. The van der Waals surface area contributed by atoms with Gasteiger partial charge in [-0.2, -0.15) is 11.8 Å². The molecule has 1 N–H and O–H groups in total. The van der Waals surface area contributed by atoms with E-state index in [1.54, 1.807) is 18.0 Å². The van der Waals surface area contributed by atoms with E-state index in [9.17, 15) is 5.11 Å². The highest BCUT2D eigenvalue weighted by Gasteiger charge is 2.11. The van der Waals surface area contributed by atoms with Gasteiger partial charge in [0, 0.05) is 18.9 Å². The Hall–Kier alpha value is -0.480. The first kappa shape index (κ1) is 10.6.